The molecule has 0 saturated carbocycles. The summed E-state index contributed by atoms with van der Waals surface area (Å²) in [6, 6.07) is 21.1. The van der Waals surface area contributed by atoms with Crippen molar-refractivity contribution >= 4 is 63.6 Å². The van der Waals surface area contributed by atoms with Crippen LogP contribution in [0.4, 0.5) is 14.9 Å². The molecule has 0 aromatic heterocycles. The summed E-state index contributed by atoms with van der Waals surface area (Å²) in [5.74, 6) is -1.61. The van der Waals surface area contributed by atoms with E-state index < -0.39 is 30.2 Å². The van der Waals surface area contributed by atoms with Gasteiger partial charge in [-0.05, 0) is 47.2 Å². The molecule has 1 saturated heterocycles. The van der Waals surface area contributed by atoms with Gasteiger partial charge >= 0.3 is 6.03 Å². The molecule has 5 rings (SSSR count). The maximum absolute atomic E-state index is 13.9. The van der Waals surface area contributed by atoms with Gasteiger partial charge in [0, 0.05) is 21.2 Å². The van der Waals surface area contributed by atoms with Crippen molar-refractivity contribution in [3.8, 4) is 5.75 Å². The molecule has 0 unspecified atom stereocenters. The minimum absolute atomic E-state index is 0.0376. The largest absolute Gasteiger partial charge is 0.488 e. The summed E-state index contributed by atoms with van der Waals surface area (Å²) in [7, 11) is 0. The second kappa shape index (κ2) is 11.1. The molecular weight excluding hydrogens is 544 g/mol. The van der Waals surface area contributed by atoms with E-state index in [0.717, 1.165) is 15.7 Å². The fourth-order valence-corrected chi connectivity index (χ4v) is 4.56. The molecule has 0 aliphatic carbocycles. The first-order valence-electron chi connectivity index (χ1n) is 11.8. The Hall–Kier alpha value is -4.40. The molecule has 2 N–H and O–H groups in total. The van der Waals surface area contributed by atoms with Crippen molar-refractivity contribution < 1.29 is 23.5 Å². The van der Waals surface area contributed by atoms with Gasteiger partial charge in [0.15, 0.2) is 0 Å². The van der Waals surface area contributed by atoms with Crippen molar-refractivity contribution in [2.45, 2.75) is 6.61 Å². The molecule has 4 aromatic rings. The van der Waals surface area contributed by atoms with Gasteiger partial charge in [0.1, 0.15) is 30.4 Å². The molecule has 1 fully saturated rings. The highest BCUT2D eigenvalue weighted by Crippen LogP contribution is 2.32. The minimum atomic E-state index is -0.773. The Kier molecular flexibility index (Phi) is 7.49. The lowest BCUT2D eigenvalue weighted by atomic mass is 10.0. The van der Waals surface area contributed by atoms with Crippen molar-refractivity contribution in [1.82, 2.24) is 10.2 Å². The molecule has 1 aliphatic rings. The summed E-state index contributed by atoms with van der Waals surface area (Å²) in [5.41, 5.74) is 1.18. The van der Waals surface area contributed by atoms with Gasteiger partial charge in [0.2, 0.25) is 5.91 Å². The van der Waals surface area contributed by atoms with Gasteiger partial charge in [-0.2, -0.15) is 0 Å². The molecule has 4 aromatic carbocycles. The first kappa shape index (κ1) is 26.2. The summed E-state index contributed by atoms with van der Waals surface area (Å²) in [4.78, 5) is 38.9. The quantitative estimate of drug-likeness (QED) is 0.201. The number of carbonyl (C=O) groups is 3. The van der Waals surface area contributed by atoms with Crippen LogP contribution in [-0.2, 0) is 16.2 Å². The maximum Gasteiger partial charge on any atom is 0.329 e. The van der Waals surface area contributed by atoms with E-state index in [0.29, 0.717) is 26.9 Å². The standard InChI is InChI=1S/C29H20Cl2FN3O4/c30-19-11-9-18(22(31)13-19)16-39-26-12-10-17-5-1-2-6-20(17)21(26)14-25-28(37)35(29(38)34-25)15-27(36)33-24-8-4-3-7-23(24)32/h1-14H,15-16H2,(H,33,36)(H,34,38)/b25-14+. The van der Waals surface area contributed by atoms with Gasteiger partial charge in [-0.15, -0.1) is 0 Å². The number of carbonyl (C=O) groups excluding carboxylic acids is 3. The molecule has 196 valence electrons. The number of ether oxygens (including phenoxy) is 1. The van der Waals surface area contributed by atoms with Crippen molar-refractivity contribution in [3.63, 3.8) is 0 Å². The van der Waals surface area contributed by atoms with Crippen LogP contribution in [0.25, 0.3) is 16.8 Å². The summed E-state index contributed by atoms with van der Waals surface area (Å²) < 4.78 is 20.0. The molecule has 39 heavy (non-hydrogen) atoms. The van der Waals surface area contributed by atoms with Gasteiger partial charge in [0.05, 0.1) is 5.69 Å². The zero-order valence-electron chi connectivity index (χ0n) is 20.2. The summed E-state index contributed by atoms with van der Waals surface area (Å²) in [6.45, 7) is -0.461. The first-order chi connectivity index (χ1) is 18.8. The van der Waals surface area contributed by atoms with E-state index in [-0.39, 0.29) is 18.0 Å². The number of nitrogens with one attached hydrogen (secondary N) is 2. The number of rotatable bonds is 7. The number of amides is 4. The lowest BCUT2D eigenvalue weighted by Gasteiger charge is -2.14. The topological polar surface area (TPSA) is 87.7 Å². The highest BCUT2D eigenvalue weighted by atomic mass is 35.5. The van der Waals surface area contributed by atoms with Crippen molar-refractivity contribution in [1.29, 1.82) is 0 Å². The second-order valence-corrected chi connectivity index (χ2v) is 9.47. The monoisotopic (exact) mass is 563 g/mol. The number of imide groups is 1. The van der Waals surface area contributed by atoms with E-state index in [4.69, 9.17) is 27.9 Å². The molecule has 10 heteroatoms. The smallest absolute Gasteiger partial charge is 0.329 e. The van der Waals surface area contributed by atoms with E-state index in [2.05, 4.69) is 10.6 Å². The summed E-state index contributed by atoms with van der Waals surface area (Å²) >= 11 is 12.3. The normalized spacial score (nSPS) is 14.1. The Morgan fingerprint density at radius 3 is 2.56 bits per heavy atom. The van der Waals surface area contributed by atoms with Crippen LogP contribution in [-0.4, -0.2) is 29.3 Å². The Morgan fingerprint density at radius 1 is 1.00 bits per heavy atom. The average molecular weight is 564 g/mol. The number of halogens is 3. The summed E-state index contributed by atoms with van der Waals surface area (Å²) in [6.07, 6.45) is 1.51. The third kappa shape index (κ3) is 5.72. The predicted octanol–water partition coefficient (Wildman–Crippen LogP) is 6.40. The fourth-order valence-electron chi connectivity index (χ4n) is 4.10. The van der Waals surface area contributed by atoms with E-state index >= 15 is 0 Å². The molecule has 4 amide bonds. The number of anilines is 1. The predicted molar refractivity (Wildman–Crippen MR) is 148 cm³/mol. The molecular formula is C29H20Cl2FN3O4. The van der Waals surface area contributed by atoms with Crippen LogP contribution >= 0.6 is 23.2 Å². The van der Waals surface area contributed by atoms with Crippen LogP contribution in [0.15, 0.2) is 84.6 Å². The fraction of sp³-hybridized carbons (Fsp3) is 0.0690. The molecule has 1 aliphatic heterocycles. The zero-order chi connectivity index (χ0) is 27.5. The first-order valence-corrected chi connectivity index (χ1v) is 12.5. The minimum Gasteiger partial charge on any atom is -0.488 e. The van der Waals surface area contributed by atoms with Crippen LogP contribution < -0.4 is 15.4 Å². The van der Waals surface area contributed by atoms with Crippen molar-refractivity contribution in [3.05, 3.63) is 112 Å². The Labute approximate surface area is 232 Å². The van der Waals surface area contributed by atoms with Crippen molar-refractivity contribution in [2.75, 3.05) is 11.9 Å². The second-order valence-electron chi connectivity index (χ2n) is 8.63. The zero-order valence-corrected chi connectivity index (χ0v) is 21.7. The number of benzene rings is 4. The highest BCUT2D eigenvalue weighted by Gasteiger charge is 2.35. The molecule has 0 radical (unpaired) electrons. The third-order valence-corrected chi connectivity index (χ3v) is 6.62. The number of para-hydroxylation sites is 1. The van der Waals surface area contributed by atoms with Gasteiger partial charge in [0.25, 0.3) is 5.91 Å². The average Bonchev–Trinajstić information content (AvgIpc) is 3.17. The molecule has 0 bridgehead atoms. The number of hydrogen-bond donors (Lipinski definition) is 2. The SMILES string of the molecule is O=C(CN1C(=O)N/C(=C/c2c(OCc3ccc(Cl)cc3Cl)ccc3ccccc23)C1=O)Nc1ccccc1F. The van der Waals surface area contributed by atoms with E-state index in [9.17, 15) is 18.8 Å². The van der Waals surface area contributed by atoms with Crippen LogP contribution in [0.1, 0.15) is 11.1 Å². The van der Waals surface area contributed by atoms with Crippen LogP contribution in [0.2, 0.25) is 10.0 Å². The van der Waals surface area contributed by atoms with Crippen LogP contribution in [0, 0.1) is 5.82 Å². The van der Waals surface area contributed by atoms with Gasteiger partial charge in [-0.3, -0.25) is 9.59 Å². The van der Waals surface area contributed by atoms with Crippen molar-refractivity contribution in [2.24, 2.45) is 0 Å². The van der Waals surface area contributed by atoms with Gasteiger partial charge in [-0.25, -0.2) is 14.1 Å². The Morgan fingerprint density at radius 2 is 1.77 bits per heavy atom. The molecule has 0 atom stereocenters. The lowest BCUT2D eigenvalue weighted by Crippen LogP contribution is -2.38. The highest BCUT2D eigenvalue weighted by molar-refractivity contribution is 6.35. The molecule has 7 nitrogen and oxygen atoms in total. The van der Waals surface area contributed by atoms with Gasteiger partial charge < -0.3 is 15.4 Å². The summed E-state index contributed by atoms with van der Waals surface area (Å²) in [5, 5.41) is 7.51. The van der Waals surface area contributed by atoms with Crippen LogP contribution in [0.5, 0.6) is 5.75 Å². The van der Waals surface area contributed by atoms with Gasteiger partial charge in [-0.1, -0.05) is 71.7 Å². The number of urea groups is 1. The maximum atomic E-state index is 13.9. The van der Waals surface area contributed by atoms with E-state index in [1.165, 1.54) is 24.3 Å². The van der Waals surface area contributed by atoms with Crippen LogP contribution in [0.3, 0.4) is 0 Å². The molecule has 1 heterocycles. The third-order valence-electron chi connectivity index (χ3n) is 6.03. The van der Waals surface area contributed by atoms with E-state index in [1.807, 2.05) is 30.3 Å². The Balaban J connectivity index is 1.41. The Bertz CT molecular complexity index is 1660. The van der Waals surface area contributed by atoms with E-state index in [1.54, 1.807) is 30.3 Å². The number of fused-ring (bicyclic) bond motifs is 1. The number of hydrogen-bond acceptors (Lipinski definition) is 4. The number of nitrogens with zero attached hydrogens (tertiary/aromatic N) is 1. The lowest BCUT2D eigenvalue weighted by molar-refractivity contribution is -0.127. The molecule has 0 spiro atoms.